The van der Waals surface area contributed by atoms with Crippen LogP contribution in [0.15, 0.2) is 36.7 Å². The summed E-state index contributed by atoms with van der Waals surface area (Å²) in [6, 6.07) is 6.15. The highest BCUT2D eigenvalue weighted by Gasteiger charge is 2.51. The van der Waals surface area contributed by atoms with Crippen molar-refractivity contribution in [3.05, 3.63) is 48.0 Å². The van der Waals surface area contributed by atoms with E-state index in [4.69, 9.17) is 5.73 Å². The molecule has 8 heteroatoms. The first-order valence-corrected chi connectivity index (χ1v) is 10.6. The highest BCUT2D eigenvalue weighted by Crippen LogP contribution is 2.41. The number of para-hydroxylation sites is 1. The molecule has 7 nitrogen and oxygen atoms in total. The number of carbonyl (C=O) groups is 2. The molecule has 3 fully saturated rings. The zero-order valence-electron chi connectivity index (χ0n) is 16.8. The Kier molecular flexibility index (Phi) is 4.81. The Hall–Kier alpha value is -2.74. The monoisotopic (exact) mass is 411 g/mol. The van der Waals surface area contributed by atoms with Crippen molar-refractivity contribution in [2.75, 3.05) is 13.1 Å². The van der Waals surface area contributed by atoms with Gasteiger partial charge in [-0.2, -0.15) is 5.10 Å². The van der Waals surface area contributed by atoms with Crippen molar-refractivity contribution in [1.29, 1.82) is 0 Å². The molecular weight excluding hydrogens is 385 g/mol. The van der Waals surface area contributed by atoms with E-state index < -0.39 is 11.9 Å². The van der Waals surface area contributed by atoms with Crippen molar-refractivity contribution in [3.63, 3.8) is 0 Å². The van der Waals surface area contributed by atoms with Crippen LogP contribution in [0, 0.1) is 17.7 Å². The van der Waals surface area contributed by atoms with Gasteiger partial charge in [-0.25, -0.2) is 9.07 Å². The lowest BCUT2D eigenvalue weighted by Crippen LogP contribution is -2.67. The summed E-state index contributed by atoms with van der Waals surface area (Å²) >= 11 is 0. The average molecular weight is 411 g/mol. The van der Waals surface area contributed by atoms with Crippen molar-refractivity contribution in [2.45, 2.75) is 44.3 Å². The van der Waals surface area contributed by atoms with Crippen LogP contribution in [0.2, 0.25) is 0 Å². The van der Waals surface area contributed by atoms with E-state index in [1.165, 1.54) is 6.07 Å². The SMILES string of the molecule is NC(=O)[C@H]1[C@@H]2C[C@@H](CN(Cc3cnn(-c4ccccc4F)c3)C2)[C@@H]2CCCC(=O)N21. The molecule has 1 aromatic heterocycles. The smallest absolute Gasteiger partial charge is 0.240 e. The molecule has 0 radical (unpaired) electrons. The van der Waals surface area contributed by atoms with E-state index in [1.54, 1.807) is 29.1 Å². The maximum Gasteiger partial charge on any atom is 0.240 e. The third-order valence-corrected chi connectivity index (χ3v) is 6.85. The van der Waals surface area contributed by atoms with Gasteiger partial charge in [0.1, 0.15) is 17.5 Å². The van der Waals surface area contributed by atoms with Crippen LogP contribution in [-0.4, -0.2) is 56.6 Å². The van der Waals surface area contributed by atoms with Gasteiger partial charge in [0.05, 0.1) is 6.20 Å². The molecule has 2 amide bonds. The van der Waals surface area contributed by atoms with Crippen LogP contribution in [0.4, 0.5) is 4.39 Å². The lowest BCUT2D eigenvalue weighted by molar-refractivity contribution is -0.159. The zero-order valence-corrected chi connectivity index (χ0v) is 16.8. The molecule has 3 saturated heterocycles. The van der Waals surface area contributed by atoms with Gasteiger partial charge in [0.25, 0.3) is 0 Å². The molecular formula is C22H26FN5O2. The number of nitrogens with two attached hydrogens (primary N) is 1. The van der Waals surface area contributed by atoms with Crippen LogP contribution in [0.25, 0.3) is 5.69 Å². The Bertz CT molecular complexity index is 976. The van der Waals surface area contributed by atoms with E-state index in [2.05, 4.69) is 10.00 Å². The number of rotatable bonds is 4. The van der Waals surface area contributed by atoms with Crippen molar-refractivity contribution < 1.29 is 14.0 Å². The van der Waals surface area contributed by atoms with E-state index in [0.29, 0.717) is 31.1 Å². The van der Waals surface area contributed by atoms with Crippen LogP contribution in [0.3, 0.4) is 0 Å². The number of hydrogen-bond donors (Lipinski definition) is 1. The number of nitrogens with zero attached hydrogens (tertiary/aromatic N) is 4. The Labute approximate surface area is 174 Å². The molecule has 0 saturated carbocycles. The number of carbonyl (C=O) groups excluding carboxylic acids is 2. The Morgan fingerprint density at radius 2 is 2.03 bits per heavy atom. The van der Waals surface area contributed by atoms with E-state index in [9.17, 15) is 14.0 Å². The molecule has 2 N–H and O–H groups in total. The molecule has 0 unspecified atom stereocenters. The Morgan fingerprint density at radius 1 is 1.23 bits per heavy atom. The predicted octanol–water partition coefficient (Wildman–Crippen LogP) is 1.70. The van der Waals surface area contributed by atoms with Crippen molar-refractivity contribution in [3.8, 4) is 5.69 Å². The number of piperidine rings is 3. The molecule has 4 heterocycles. The van der Waals surface area contributed by atoms with Gasteiger partial charge in [0.2, 0.25) is 11.8 Å². The molecule has 2 aromatic rings. The van der Waals surface area contributed by atoms with Gasteiger partial charge in [-0.05, 0) is 37.3 Å². The molecule has 1 aromatic carbocycles. The molecule has 30 heavy (non-hydrogen) atoms. The summed E-state index contributed by atoms with van der Waals surface area (Å²) in [5, 5.41) is 4.33. The maximum absolute atomic E-state index is 14.1. The normalized spacial score (nSPS) is 29.0. The largest absolute Gasteiger partial charge is 0.368 e. The fourth-order valence-corrected chi connectivity index (χ4v) is 5.72. The summed E-state index contributed by atoms with van der Waals surface area (Å²) in [5.74, 6) is -0.227. The van der Waals surface area contributed by atoms with Crippen LogP contribution >= 0.6 is 0 Å². The van der Waals surface area contributed by atoms with Crippen LogP contribution in [-0.2, 0) is 16.1 Å². The summed E-state index contributed by atoms with van der Waals surface area (Å²) < 4.78 is 15.6. The first-order chi connectivity index (χ1) is 14.5. The topological polar surface area (TPSA) is 84.5 Å². The maximum atomic E-state index is 14.1. The second-order valence-corrected chi connectivity index (χ2v) is 8.80. The average Bonchev–Trinajstić information content (AvgIpc) is 3.17. The predicted molar refractivity (Wildman–Crippen MR) is 108 cm³/mol. The summed E-state index contributed by atoms with van der Waals surface area (Å²) in [6.07, 6.45) is 6.88. The lowest BCUT2D eigenvalue weighted by atomic mass is 9.72. The van der Waals surface area contributed by atoms with Gasteiger partial charge in [0, 0.05) is 49.8 Å². The summed E-state index contributed by atoms with van der Waals surface area (Å²) in [4.78, 5) is 29.0. The number of aromatic nitrogens is 2. The number of likely N-dealkylation sites (tertiary alicyclic amines) is 1. The molecule has 0 spiro atoms. The summed E-state index contributed by atoms with van der Waals surface area (Å²) in [7, 11) is 0. The van der Waals surface area contributed by atoms with E-state index in [-0.39, 0.29) is 23.7 Å². The first-order valence-electron chi connectivity index (χ1n) is 10.6. The number of halogens is 1. The van der Waals surface area contributed by atoms with Crippen LogP contribution in [0.5, 0.6) is 0 Å². The quantitative estimate of drug-likeness (QED) is 0.830. The van der Waals surface area contributed by atoms with Gasteiger partial charge in [0.15, 0.2) is 0 Å². The van der Waals surface area contributed by atoms with E-state index in [1.807, 2.05) is 11.1 Å². The summed E-state index contributed by atoms with van der Waals surface area (Å²) in [5.41, 5.74) is 7.16. The molecule has 3 aliphatic heterocycles. The minimum absolute atomic E-state index is 0.0566. The van der Waals surface area contributed by atoms with Crippen molar-refractivity contribution in [2.24, 2.45) is 17.6 Å². The zero-order chi connectivity index (χ0) is 20.8. The van der Waals surface area contributed by atoms with E-state index in [0.717, 1.165) is 31.4 Å². The molecule has 2 bridgehead atoms. The lowest BCUT2D eigenvalue weighted by Gasteiger charge is -2.55. The second-order valence-electron chi connectivity index (χ2n) is 8.80. The number of primary amides is 1. The fourth-order valence-electron chi connectivity index (χ4n) is 5.72. The Balaban J connectivity index is 1.35. The van der Waals surface area contributed by atoms with Gasteiger partial charge < -0.3 is 10.6 Å². The first kappa shape index (κ1) is 19.2. The fraction of sp³-hybridized carbons (Fsp3) is 0.500. The second kappa shape index (κ2) is 7.50. The Morgan fingerprint density at radius 3 is 2.83 bits per heavy atom. The van der Waals surface area contributed by atoms with Gasteiger partial charge in [-0.3, -0.25) is 14.5 Å². The van der Waals surface area contributed by atoms with Crippen LogP contribution < -0.4 is 5.73 Å². The highest BCUT2D eigenvalue weighted by atomic mass is 19.1. The van der Waals surface area contributed by atoms with Crippen molar-refractivity contribution >= 4 is 11.8 Å². The van der Waals surface area contributed by atoms with Gasteiger partial charge >= 0.3 is 0 Å². The molecule has 5 rings (SSSR count). The van der Waals surface area contributed by atoms with Gasteiger partial charge in [-0.1, -0.05) is 12.1 Å². The standard InChI is InChI=1S/C22H26FN5O2/c23-17-4-1-2-5-19(17)27-11-14(9-25-27)10-26-12-15-8-16(13-26)21(22(24)30)28-18(15)6-3-7-20(28)29/h1-2,4-5,9,11,15-16,18,21H,3,6-8,10,12-13H2,(H2,24,30)/t15-,16+,18-,21+/m0/s1. The third-order valence-electron chi connectivity index (χ3n) is 6.85. The minimum atomic E-state index is -0.511. The van der Waals surface area contributed by atoms with E-state index >= 15 is 0 Å². The van der Waals surface area contributed by atoms with Crippen LogP contribution in [0.1, 0.15) is 31.2 Å². The molecule has 3 aliphatic rings. The van der Waals surface area contributed by atoms with Gasteiger partial charge in [-0.15, -0.1) is 0 Å². The van der Waals surface area contributed by atoms with Crippen molar-refractivity contribution in [1.82, 2.24) is 19.6 Å². The summed E-state index contributed by atoms with van der Waals surface area (Å²) in [6.45, 7) is 2.26. The number of benzene rings is 1. The molecule has 158 valence electrons. The molecule has 4 atom stereocenters. The third kappa shape index (κ3) is 3.29. The number of amides is 2. The minimum Gasteiger partial charge on any atom is -0.368 e. The number of hydrogen-bond acceptors (Lipinski definition) is 4. The molecule has 0 aliphatic carbocycles. The number of fused-ring (bicyclic) bond motifs is 4. The highest BCUT2D eigenvalue weighted by molar-refractivity contribution is 5.88.